The van der Waals surface area contributed by atoms with Gasteiger partial charge in [0.2, 0.25) is 0 Å². The van der Waals surface area contributed by atoms with Gasteiger partial charge in [-0.05, 0) is 42.3 Å². The summed E-state index contributed by atoms with van der Waals surface area (Å²) in [5.41, 5.74) is 1.27. The molecule has 8 nitrogen and oxygen atoms in total. The van der Waals surface area contributed by atoms with Crippen molar-refractivity contribution in [3.8, 4) is 17.2 Å². The molecular formula is C22H21N3O5S. The zero-order chi connectivity index (χ0) is 22.0. The van der Waals surface area contributed by atoms with E-state index in [4.69, 9.17) is 14.2 Å². The van der Waals surface area contributed by atoms with Gasteiger partial charge in [-0.15, -0.1) is 0 Å². The molecule has 9 heteroatoms. The molecule has 2 aromatic carbocycles. The average molecular weight is 439 g/mol. The third-order valence-corrected chi connectivity index (χ3v) is 5.95. The molecule has 31 heavy (non-hydrogen) atoms. The van der Waals surface area contributed by atoms with Crippen molar-refractivity contribution >= 4 is 32.4 Å². The minimum Gasteiger partial charge on any atom is -0.497 e. The molecule has 4 aromatic rings. The van der Waals surface area contributed by atoms with Crippen LogP contribution in [0.4, 0.5) is 0 Å². The lowest BCUT2D eigenvalue weighted by atomic mass is 10.1. The van der Waals surface area contributed by atoms with Gasteiger partial charge in [-0.2, -0.15) is 0 Å². The van der Waals surface area contributed by atoms with Crippen LogP contribution in [0, 0.1) is 0 Å². The van der Waals surface area contributed by atoms with Crippen molar-refractivity contribution in [3.63, 3.8) is 0 Å². The lowest BCUT2D eigenvalue weighted by molar-refractivity contribution is 0.0952. The Morgan fingerprint density at radius 2 is 1.87 bits per heavy atom. The molecule has 0 bridgehead atoms. The number of ether oxygens (including phenoxy) is 3. The Morgan fingerprint density at radius 1 is 1.06 bits per heavy atom. The van der Waals surface area contributed by atoms with Gasteiger partial charge in [0.1, 0.15) is 11.3 Å². The first-order valence-corrected chi connectivity index (χ1v) is 10.3. The Balaban J connectivity index is 1.53. The van der Waals surface area contributed by atoms with Crippen LogP contribution in [0.3, 0.4) is 0 Å². The molecule has 0 unspecified atom stereocenters. The maximum Gasteiger partial charge on any atom is 0.271 e. The van der Waals surface area contributed by atoms with E-state index in [-0.39, 0.29) is 5.56 Å². The Labute approximate surface area is 182 Å². The highest BCUT2D eigenvalue weighted by Crippen LogP contribution is 2.28. The fourth-order valence-electron chi connectivity index (χ4n) is 3.32. The summed E-state index contributed by atoms with van der Waals surface area (Å²) in [4.78, 5) is 30.5. The molecule has 0 aliphatic rings. The van der Waals surface area contributed by atoms with E-state index in [9.17, 15) is 9.59 Å². The largest absolute Gasteiger partial charge is 0.497 e. The smallest absolute Gasteiger partial charge is 0.271 e. The van der Waals surface area contributed by atoms with Gasteiger partial charge in [-0.3, -0.25) is 14.0 Å². The number of carbonyl (C=O) groups is 1. The van der Waals surface area contributed by atoms with Crippen LogP contribution in [0.1, 0.15) is 15.9 Å². The fourth-order valence-corrected chi connectivity index (χ4v) is 4.33. The van der Waals surface area contributed by atoms with Crippen molar-refractivity contribution in [2.75, 3.05) is 27.9 Å². The summed E-state index contributed by atoms with van der Waals surface area (Å²) >= 11 is 1.37. The zero-order valence-corrected chi connectivity index (χ0v) is 18.1. The summed E-state index contributed by atoms with van der Waals surface area (Å²) < 4.78 is 18.1. The first kappa shape index (κ1) is 20.7. The van der Waals surface area contributed by atoms with Crippen LogP contribution in [0.15, 0.2) is 47.4 Å². The van der Waals surface area contributed by atoms with Gasteiger partial charge >= 0.3 is 0 Å². The zero-order valence-electron chi connectivity index (χ0n) is 17.3. The molecule has 0 radical (unpaired) electrons. The second-order valence-corrected chi connectivity index (χ2v) is 7.74. The number of fused-ring (bicyclic) bond motifs is 3. The highest BCUT2D eigenvalue weighted by Gasteiger charge is 2.16. The topological polar surface area (TPSA) is 91.2 Å². The van der Waals surface area contributed by atoms with Crippen LogP contribution in [0.2, 0.25) is 0 Å². The standard InChI is InChI=1S/C22H21N3O5S/c1-28-14-5-6-16-19(11-14)31-22-24-12-15(21(27)25(16)22)20(26)23-9-8-13-4-7-17(29-2)18(10-13)30-3/h4-7,10-12H,8-9H2,1-3H3,(H,23,26). The molecule has 4 rings (SSSR count). The number of nitrogens with zero attached hydrogens (tertiary/aromatic N) is 2. The molecule has 2 heterocycles. The van der Waals surface area contributed by atoms with Crippen LogP contribution in [0.25, 0.3) is 15.2 Å². The number of thiazole rings is 1. The molecule has 0 spiro atoms. The van der Waals surface area contributed by atoms with Gasteiger partial charge in [-0.1, -0.05) is 17.4 Å². The Hall–Kier alpha value is -3.59. The molecule has 0 fully saturated rings. The van der Waals surface area contributed by atoms with Crippen LogP contribution in [-0.2, 0) is 6.42 Å². The third kappa shape index (κ3) is 3.91. The van der Waals surface area contributed by atoms with E-state index in [1.807, 2.05) is 24.3 Å². The molecular weight excluding hydrogens is 418 g/mol. The quantitative estimate of drug-likeness (QED) is 0.476. The van der Waals surface area contributed by atoms with Crippen LogP contribution >= 0.6 is 11.3 Å². The van der Waals surface area contributed by atoms with Crippen LogP contribution in [0.5, 0.6) is 17.2 Å². The van der Waals surface area contributed by atoms with Crippen LogP contribution in [-0.4, -0.2) is 43.2 Å². The Bertz CT molecular complexity index is 1330. The van der Waals surface area contributed by atoms with Gasteiger partial charge in [0, 0.05) is 12.7 Å². The second kappa shape index (κ2) is 8.65. The second-order valence-electron chi connectivity index (χ2n) is 6.73. The first-order chi connectivity index (χ1) is 15.0. The monoisotopic (exact) mass is 439 g/mol. The number of rotatable bonds is 7. The van der Waals surface area contributed by atoms with E-state index in [2.05, 4.69) is 10.3 Å². The maximum atomic E-state index is 13.0. The molecule has 2 aromatic heterocycles. The Kier molecular flexibility index (Phi) is 5.77. The summed E-state index contributed by atoms with van der Waals surface area (Å²) in [5, 5.41) is 2.80. The summed E-state index contributed by atoms with van der Waals surface area (Å²) in [6.07, 6.45) is 1.90. The van der Waals surface area contributed by atoms with Crippen molar-refractivity contribution in [1.82, 2.24) is 14.7 Å². The number of hydrogen-bond donors (Lipinski definition) is 1. The minimum atomic E-state index is -0.458. The summed E-state index contributed by atoms with van der Waals surface area (Å²) in [7, 11) is 4.74. The summed E-state index contributed by atoms with van der Waals surface area (Å²) in [6.45, 7) is 0.359. The van der Waals surface area contributed by atoms with E-state index in [1.54, 1.807) is 33.5 Å². The number of carbonyl (C=O) groups excluding carboxylic acids is 1. The predicted molar refractivity (Wildman–Crippen MR) is 119 cm³/mol. The third-order valence-electron chi connectivity index (χ3n) is 4.93. The summed E-state index contributed by atoms with van der Waals surface area (Å²) in [6, 6.07) is 11.0. The van der Waals surface area contributed by atoms with E-state index in [0.717, 1.165) is 10.3 Å². The summed E-state index contributed by atoms with van der Waals surface area (Å²) in [5.74, 6) is 1.50. The van der Waals surface area contributed by atoms with Gasteiger partial charge in [0.05, 0.1) is 31.5 Å². The number of methoxy groups -OCH3 is 3. The molecule has 1 N–H and O–H groups in total. The van der Waals surface area contributed by atoms with E-state index in [1.165, 1.54) is 21.9 Å². The molecule has 0 saturated heterocycles. The SMILES string of the molecule is COc1ccc2c(c1)sc1ncc(C(=O)NCCc3ccc(OC)c(OC)c3)c(=O)n12. The first-order valence-electron chi connectivity index (χ1n) is 9.53. The molecule has 0 atom stereocenters. The van der Waals surface area contributed by atoms with Crippen molar-refractivity contribution in [2.45, 2.75) is 6.42 Å². The van der Waals surface area contributed by atoms with Gasteiger partial charge in [0.25, 0.3) is 11.5 Å². The van der Waals surface area contributed by atoms with Crippen LogP contribution < -0.4 is 25.1 Å². The number of amides is 1. The minimum absolute atomic E-state index is 0.000305. The normalized spacial score (nSPS) is 10.9. The van der Waals surface area contributed by atoms with Gasteiger partial charge in [0.15, 0.2) is 16.5 Å². The van der Waals surface area contributed by atoms with E-state index in [0.29, 0.717) is 40.7 Å². The Morgan fingerprint density at radius 3 is 2.61 bits per heavy atom. The highest BCUT2D eigenvalue weighted by molar-refractivity contribution is 7.23. The van der Waals surface area contributed by atoms with Gasteiger partial charge < -0.3 is 19.5 Å². The molecule has 160 valence electrons. The lowest BCUT2D eigenvalue weighted by Gasteiger charge is -2.10. The average Bonchev–Trinajstić information content (AvgIpc) is 3.17. The highest BCUT2D eigenvalue weighted by atomic mass is 32.1. The van der Waals surface area contributed by atoms with Crippen molar-refractivity contribution < 1.29 is 19.0 Å². The van der Waals surface area contributed by atoms with E-state index < -0.39 is 11.5 Å². The maximum absolute atomic E-state index is 13.0. The van der Waals surface area contributed by atoms with Gasteiger partial charge in [-0.25, -0.2) is 4.98 Å². The predicted octanol–water partition coefficient (Wildman–Crippen LogP) is 2.91. The van der Waals surface area contributed by atoms with Crippen molar-refractivity contribution in [3.05, 3.63) is 64.1 Å². The van der Waals surface area contributed by atoms with Crippen molar-refractivity contribution in [1.29, 1.82) is 0 Å². The molecule has 0 saturated carbocycles. The number of hydrogen-bond acceptors (Lipinski definition) is 7. The number of nitrogens with one attached hydrogen (secondary N) is 1. The fraction of sp³-hybridized carbons (Fsp3) is 0.227. The molecule has 0 aliphatic carbocycles. The number of aromatic nitrogens is 2. The van der Waals surface area contributed by atoms with E-state index >= 15 is 0 Å². The lowest BCUT2D eigenvalue weighted by Crippen LogP contribution is -2.32. The molecule has 0 aliphatic heterocycles. The van der Waals surface area contributed by atoms with Crippen molar-refractivity contribution in [2.24, 2.45) is 0 Å². The molecule has 1 amide bonds. The number of benzene rings is 2.